The number of methoxy groups -OCH3 is 1. The van der Waals surface area contributed by atoms with Crippen molar-refractivity contribution in [1.82, 2.24) is 15.0 Å². The van der Waals surface area contributed by atoms with Gasteiger partial charge in [0.2, 0.25) is 5.88 Å². The lowest BCUT2D eigenvalue weighted by molar-refractivity contribution is 0.181. The van der Waals surface area contributed by atoms with E-state index in [2.05, 4.69) is 23.8 Å². The van der Waals surface area contributed by atoms with Crippen molar-refractivity contribution in [1.29, 1.82) is 0 Å². The summed E-state index contributed by atoms with van der Waals surface area (Å²) in [4.78, 5) is 15.9. The van der Waals surface area contributed by atoms with Crippen molar-refractivity contribution in [3.63, 3.8) is 0 Å². The molecule has 0 aliphatic carbocycles. The van der Waals surface area contributed by atoms with E-state index in [9.17, 15) is 0 Å². The van der Waals surface area contributed by atoms with Crippen LogP contribution in [0.25, 0.3) is 11.3 Å². The summed E-state index contributed by atoms with van der Waals surface area (Å²) in [6.45, 7) is 8.34. The lowest BCUT2D eigenvalue weighted by atomic mass is 10.1. The van der Waals surface area contributed by atoms with Crippen LogP contribution in [0, 0.1) is 13.8 Å². The number of nitrogens with zero attached hydrogens (tertiary/aromatic N) is 4. The Labute approximate surface area is 161 Å². The summed E-state index contributed by atoms with van der Waals surface area (Å²) in [7, 11) is 5.56. The van der Waals surface area contributed by atoms with Gasteiger partial charge in [-0.1, -0.05) is 13.8 Å². The summed E-state index contributed by atoms with van der Waals surface area (Å²) in [5.41, 5.74) is 9.79. The third-order valence-electron chi connectivity index (χ3n) is 4.61. The molecule has 0 fully saturated rings. The first-order chi connectivity index (χ1) is 12.9. The van der Waals surface area contributed by atoms with Gasteiger partial charge in [-0.05, 0) is 26.7 Å². The molecule has 0 bridgehead atoms. The normalized spacial score (nSPS) is 11.0. The molecule has 2 heterocycles. The van der Waals surface area contributed by atoms with E-state index in [0.717, 1.165) is 41.2 Å². The van der Waals surface area contributed by atoms with Gasteiger partial charge in [0.1, 0.15) is 17.3 Å². The summed E-state index contributed by atoms with van der Waals surface area (Å²) in [6, 6.07) is 0. The first-order valence-electron chi connectivity index (χ1n) is 9.33. The molecule has 0 atom stereocenters. The van der Waals surface area contributed by atoms with Gasteiger partial charge < -0.3 is 20.1 Å². The maximum atomic E-state index is 6.03. The van der Waals surface area contributed by atoms with E-state index < -0.39 is 0 Å². The molecule has 0 saturated heterocycles. The number of aromatic nitrogens is 3. The number of nitrogens with two attached hydrogens (primary N) is 1. The average molecular weight is 374 g/mol. The van der Waals surface area contributed by atoms with E-state index in [0.29, 0.717) is 17.3 Å². The van der Waals surface area contributed by atoms with Gasteiger partial charge >= 0.3 is 0 Å². The molecule has 0 saturated carbocycles. The Balaban J connectivity index is 2.58. The van der Waals surface area contributed by atoms with Crippen LogP contribution in [0.3, 0.4) is 0 Å². The highest BCUT2D eigenvalue weighted by Gasteiger charge is 2.21. The van der Waals surface area contributed by atoms with Crippen LogP contribution < -0.4 is 20.1 Å². The topological polar surface area (TPSA) is 86.4 Å². The van der Waals surface area contributed by atoms with Crippen LogP contribution in [0.15, 0.2) is 6.20 Å². The highest BCUT2D eigenvalue weighted by atomic mass is 16.5. The summed E-state index contributed by atoms with van der Waals surface area (Å²) >= 11 is 0. The largest absolute Gasteiger partial charge is 0.496 e. The van der Waals surface area contributed by atoms with E-state index >= 15 is 0 Å². The minimum Gasteiger partial charge on any atom is -0.496 e. The minimum atomic E-state index is 0.104. The van der Waals surface area contributed by atoms with Crippen LogP contribution in [0.1, 0.15) is 43.6 Å². The standard InChI is InChI=1S/C20H31N5O2/c1-8-14(9-2)27-20-16(10-21)24-17(13(4)23-20)15-11-22-19(25(5)6)12(3)18(15)26-7/h11,14H,8-10,21H2,1-7H3. The Kier molecular flexibility index (Phi) is 6.96. The van der Waals surface area contributed by atoms with Crippen molar-refractivity contribution in [3.8, 4) is 22.9 Å². The molecule has 2 rings (SSSR count). The first-order valence-corrected chi connectivity index (χ1v) is 9.33. The molecule has 7 nitrogen and oxygen atoms in total. The zero-order chi connectivity index (χ0) is 20.1. The van der Waals surface area contributed by atoms with Gasteiger partial charge in [0, 0.05) is 32.4 Å². The molecule has 0 unspecified atom stereocenters. The predicted octanol–water partition coefficient (Wildman–Crippen LogP) is 3.26. The van der Waals surface area contributed by atoms with E-state index in [-0.39, 0.29) is 12.6 Å². The van der Waals surface area contributed by atoms with Crippen LogP contribution >= 0.6 is 0 Å². The van der Waals surface area contributed by atoms with E-state index in [1.807, 2.05) is 32.8 Å². The molecule has 0 amide bonds. The van der Waals surface area contributed by atoms with Gasteiger partial charge in [0.05, 0.1) is 30.2 Å². The molecule has 148 valence electrons. The van der Waals surface area contributed by atoms with Crippen molar-refractivity contribution in [3.05, 3.63) is 23.1 Å². The van der Waals surface area contributed by atoms with E-state index in [1.54, 1.807) is 13.3 Å². The Morgan fingerprint density at radius 3 is 2.33 bits per heavy atom. The third kappa shape index (κ3) is 4.30. The molecule has 7 heteroatoms. The second kappa shape index (κ2) is 8.99. The lowest BCUT2D eigenvalue weighted by Gasteiger charge is -2.21. The van der Waals surface area contributed by atoms with Gasteiger partial charge in [-0.3, -0.25) is 0 Å². The molecular formula is C20H31N5O2. The monoisotopic (exact) mass is 373 g/mol. The number of rotatable bonds is 8. The van der Waals surface area contributed by atoms with Crippen molar-refractivity contribution < 1.29 is 9.47 Å². The van der Waals surface area contributed by atoms with Gasteiger partial charge in [-0.25, -0.2) is 15.0 Å². The smallest absolute Gasteiger partial charge is 0.237 e. The SMILES string of the molecule is CCC(CC)Oc1nc(C)c(-c2cnc(N(C)C)c(C)c2OC)nc1CN. The Morgan fingerprint density at radius 1 is 1.15 bits per heavy atom. The van der Waals surface area contributed by atoms with E-state index in [1.165, 1.54) is 0 Å². The number of hydrogen-bond acceptors (Lipinski definition) is 7. The maximum absolute atomic E-state index is 6.03. The van der Waals surface area contributed by atoms with Gasteiger partial charge in [-0.15, -0.1) is 0 Å². The fraction of sp³-hybridized carbons (Fsp3) is 0.550. The molecule has 2 aromatic heterocycles. The third-order valence-corrected chi connectivity index (χ3v) is 4.61. The summed E-state index contributed by atoms with van der Waals surface area (Å²) in [5, 5.41) is 0. The van der Waals surface area contributed by atoms with Crippen LogP contribution in [0.5, 0.6) is 11.6 Å². The average Bonchev–Trinajstić information content (AvgIpc) is 2.65. The molecule has 0 aliphatic heterocycles. The number of ether oxygens (including phenoxy) is 2. The van der Waals surface area contributed by atoms with Gasteiger partial charge in [-0.2, -0.15) is 0 Å². The molecule has 0 aromatic carbocycles. The summed E-state index contributed by atoms with van der Waals surface area (Å²) in [5.74, 6) is 2.11. The lowest BCUT2D eigenvalue weighted by Crippen LogP contribution is -2.18. The highest BCUT2D eigenvalue weighted by Crippen LogP contribution is 2.37. The fourth-order valence-electron chi connectivity index (χ4n) is 3.10. The number of anilines is 1. The molecule has 0 aliphatic rings. The Morgan fingerprint density at radius 2 is 1.81 bits per heavy atom. The van der Waals surface area contributed by atoms with Crippen molar-refractivity contribution >= 4 is 5.82 Å². The van der Waals surface area contributed by atoms with Gasteiger partial charge in [0.25, 0.3) is 0 Å². The molecule has 0 radical (unpaired) electrons. The van der Waals surface area contributed by atoms with Crippen molar-refractivity contribution in [2.45, 2.75) is 53.2 Å². The maximum Gasteiger partial charge on any atom is 0.237 e. The van der Waals surface area contributed by atoms with Crippen molar-refractivity contribution in [2.24, 2.45) is 5.73 Å². The second-order valence-corrected chi connectivity index (χ2v) is 6.72. The Hall–Kier alpha value is -2.41. The minimum absolute atomic E-state index is 0.104. The quantitative estimate of drug-likeness (QED) is 0.760. The summed E-state index contributed by atoms with van der Waals surface area (Å²) < 4.78 is 11.7. The van der Waals surface area contributed by atoms with Gasteiger partial charge in [0.15, 0.2) is 0 Å². The molecule has 27 heavy (non-hydrogen) atoms. The summed E-state index contributed by atoms with van der Waals surface area (Å²) in [6.07, 6.45) is 3.70. The number of pyridine rings is 1. The van der Waals surface area contributed by atoms with Crippen LogP contribution in [0.2, 0.25) is 0 Å². The molecule has 2 aromatic rings. The highest BCUT2D eigenvalue weighted by molar-refractivity contribution is 5.73. The Bertz CT molecular complexity index is 788. The van der Waals surface area contributed by atoms with Crippen LogP contribution in [-0.2, 0) is 6.54 Å². The van der Waals surface area contributed by atoms with E-state index in [4.69, 9.17) is 20.2 Å². The number of hydrogen-bond donors (Lipinski definition) is 1. The molecular weight excluding hydrogens is 342 g/mol. The first kappa shape index (κ1) is 20.9. The fourth-order valence-corrected chi connectivity index (χ4v) is 3.10. The van der Waals surface area contributed by atoms with Crippen molar-refractivity contribution in [2.75, 3.05) is 26.1 Å². The van der Waals surface area contributed by atoms with Crippen LogP contribution in [-0.4, -0.2) is 42.3 Å². The second-order valence-electron chi connectivity index (χ2n) is 6.72. The zero-order valence-electron chi connectivity index (χ0n) is 17.5. The number of aryl methyl sites for hydroxylation is 1. The zero-order valence-corrected chi connectivity index (χ0v) is 17.5. The predicted molar refractivity (Wildman–Crippen MR) is 109 cm³/mol. The molecule has 0 spiro atoms. The van der Waals surface area contributed by atoms with Crippen LogP contribution in [0.4, 0.5) is 5.82 Å². The molecule has 2 N–H and O–H groups in total.